The van der Waals surface area contributed by atoms with Crippen molar-refractivity contribution in [3.8, 4) is 5.75 Å². The van der Waals surface area contributed by atoms with Crippen LogP contribution in [0, 0.1) is 13.8 Å². The first-order valence-corrected chi connectivity index (χ1v) is 6.91. The number of amides is 1. The molecule has 0 aliphatic carbocycles. The van der Waals surface area contributed by atoms with Gasteiger partial charge in [0, 0.05) is 29.4 Å². The lowest BCUT2D eigenvalue weighted by Gasteiger charge is -2.07. The highest BCUT2D eigenvalue weighted by Crippen LogP contribution is 2.21. The number of hydrogen-bond donors (Lipinski definition) is 2. The van der Waals surface area contributed by atoms with Gasteiger partial charge in [-0.1, -0.05) is 11.6 Å². The van der Waals surface area contributed by atoms with Gasteiger partial charge in [0.1, 0.15) is 11.6 Å². The first kappa shape index (κ1) is 15.3. The molecule has 1 aromatic heterocycles. The summed E-state index contributed by atoms with van der Waals surface area (Å²) in [5, 5.41) is 12.8. The zero-order chi connectivity index (χ0) is 15.4. The van der Waals surface area contributed by atoms with Gasteiger partial charge >= 0.3 is 0 Å². The third kappa shape index (κ3) is 4.16. The molecule has 21 heavy (non-hydrogen) atoms. The fourth-order valence-corrected chi connectivity index (χ4v) is 2.16. The molecular formula is C15H16ClN3O2. The van der Waals surface area contributed by atoms with Crippen molar-refractivity contribution < 1.29 is 9.90 Å². The zero-order valence-electron chi connectivity index (χ0n) is 11.9. The third-order valence-electron chi connectivity index (χ3n) is 2.87. The predicted octanol–water partition coefficient (Wildman–Crippen LogP) is 2.42. The average molecular weight is 306 g/mol. The van der Waals surface area contributed by atoms with Gasteiger partial charge in [-0.2, -0.15) is 0 Å². The van der Waals surface area contributed by atoms with Gasteiger partial charge in [0.2, 0.25) is 0 Å². The maximum Gasteiger partial charge on any atom is 0.255 e. The van der Waals surface area contributed by atoms with Crippen LogP contribution in [0.2, 0.25) is 5.02 Å². The monoisotopic (exact) mass is 305 g/mol. The van der Waals surface area contributed by atoms with E-state index in [1.807, 2.05) is 19.9 Å². The fourth-order valence-electron chi connectivity index (χ4n) is 1.99. The number of aryl methyl sites for hydroxylation is 2. The standard InChI is InChI=1S/C15H16ClN3O2/c1-9-7-10(2)19-14(18-9)5-6-17-15(21)12-4-3-11(16)8-13(12)20/h3-4,7-8,20H,5-6H2,1-2H3,(H,17,21). The number of aromatic nitrogens is 2. The summed E-state index contributed by atoms with van der Waals surface area (Å²) in [7, 11) is 0. The molecule has 0 spiro atoms. The van der Waals surface area contributed by atoms with E-state index in [0.29, 0.717) is 23.8 Å². The normalized spacial score (nSPS) is 10.4. The lowest BCUT2D eigenvalue weighted by Crippen LogP contribution is -2.26. The van der Waals surface area contributed by atoms with Gasteiger partial charge in [0.25, 0.3) is 5.91 Å². The second-order valence-corrected chi connectivity index (χ2v) is 5.17. The number of benzene rings is 1. The van der Waals surface area contributed by atoms with E-state index in [0.717, 1.165) is 11.4 Å². The molecule has 0 atom stereocenters. The van der Waals surface area contributed by atoms with Gasteiger partial charge < -0.3 is 10.4 Å². The molecule has 1 aromatic carbocycles. The number of hydrogen-bond acceptors (Lipinski definition) is 4. The minimum Gasteiger partial charge on any atom is -0.507 e. The van der Waals surface area contributed by atoms with Crippen molar-refractivity contribution in [1.29, 1.82) is 0 Å². The maximum absolute atomic E-state index is 11.9. The average Bonchev–Trinajstić information content (AvgIpc) is 2.37. The molecule has 0 aliphatic heterocycles. The second-order valence-electron chi connectivity index (χ2n) is 4.73. The lowest BCUT2D eigenvalue weighted by molar-refractivity contribution is 0.0951. The minimum absolute atomic E-state index is 0.136. The molecular weight excluding hydrogens is 290 g/mol. The van der Waals surface area contributed by atoms with Crippen LogP contribution in [0.25, 0.3) is 0 Å². The van der Waals surface area contributed by atoms with Gasteiger partial charge in [-0.3, -0.25) is 4.79 Å². The Hall–Kier alpha value is -2.14. The number of carbonyl (C=O) groups is 1. The lowest BCUT2D eigenvalue weighted by atomic mass is 10.2. The number of phenols is 1. The Kier molecular flexibility index (Phi) is 4.75. The number of aromatic hydroxyl groups is 1. The van der Waals surface area contributed by atoms with Crippen LogP contribution in [-0.2, 0) is 6.42 Å². The summed E-state index contributed by atoms with van der Waals surface area (Å²) in [6.45, 7) is 4.20. The molecule has 1 amide bonds. The summed E-state index contributed by atoms with van der Waals surface area (Å²) in [6.07, 6.45) is 0.530. The maximum atomic E-state index is 11.9. The smallest absolute Gasteiger partial charge is 0.255 e. The van der Waals surface area contributed by atoms with Crippen molar-refractivity contribution in [3.63, 3.8) is 0 Å². The summed E-state index contributed by atoms with van der Waals surface area (Å²) in [6, 6.07) is 6.28. The van der Waals surface area contributed by atoms with Crippen LogP contribution < -0.4 is 5.32 Å². The molecule has 110 valence electrons. The summed E-state index contributed by atoms with van der Waals surface area (Å²) in [5.41, 5.74) is 2.00. The number of nitrogens with one attached hydrogen (secondary N) is 1. The van der Waals surface area contributed by atoms with Crippen molar-refractivity contribution in [2.75, 3.05) is 6.54 Å². The highest BCUT2D eigenvalue weighted by atomic mass is 35.5. The fraction of sp³-hybridized carbons (Fsp3) is 0.267. The Morgan fingerprint density at radius 2 is 1.90 bits per heavy atom. The molecule has 0 fully saturated rings. The van der Waals surface area contributed by atoms with E-state index in [-0.39, 0.29) is 17.2 Å². The second kappa shape index (κ2) is 6.54. The molecule has 5 nitrogen and oxygen atoms in total. The number of carbonyl (C=O) groups excluding carboxylic acids is 1. The van der Waals surface area contributed by atoms with E-state index < -0.39 is 0 Å². The summed E-state index contributed by atoms with van der Waals surface area (Å²) >= 11 is 5.73. The quantitative estimate of drug-likeness (QED) is 0.909. The Morgan fingerprint density at radius 1 is 1.24 bits per heavy atom. The number of nitrogens with zero attached hydrogens (tertiary/aromatic N) is 2. The summed E-state index contributed by atoms with van der Waals surface area (Å²) in [4.78, 5) is 20.6. The molecule has 2 N–H and O–H groups in total. The molecule has 1 heterocycles. The van der Waals surface area contributed by atoms with E-state index in [2.05, 4.69) is 15.3 Å². The van der Waals surface area contributed by atoms with E-state index in [1.165, 1.54) is 12.1 Å². The molecule has 6 heteroatoms. The Balaban J connectivity index is 1.95. The third-order valence-corrected chi connectivity index (χ3v) is 3.10. The van der Waals surface area contributed by atoms with E-state index >= 15 is 0 Å². The number of halogens is 1. The molecule has 2 rings (SSSR count). The van der Waals surface area contributed by atoms with Crippen LogP contribution in [0.5, 0.6) is 5.75 Å². The Bertz CT molecular complexity index is 654. The van der Waals surface area contributed by atoms with Gasteiger partial charge in [0.05, 0.1) is 5.56 Å². The SMILES string of the molecule is Cc1cc(C)nc(CCNC(=O)c2ccc(Cl)cc2O)n1. The van der Waals surface area contributed by atoms with Crippen LogP contribution in [0.3, 0.4) is 0 Å². The predicted molar refractivity (Wildman–Crippen MR) is 80.7 cm³/mol. The first-order valence-electron chi connectivity index (χ1n) is 6.53. The number of rotatable bonds is 4. The van der Waals surface area contributed by atoms with Crippen LogP contribution in [0.1, 0.15) is 27.6 Å². The van der Waals surface area contributed by atoms with Crippen LogP contribution in [0.15, 0.2) is 24.3 Å². The van der Waals surface area contributed by atoms with Crippen LogP contribution in [-0.4, -0.2) is 27.5 Å². The van der Waals surface area contributed by atoms with Crippen molar-refractivity contribution in [1.82, 2.24) is 15.3 Å². The van der Waals surface area contributed by atoms with Crippen LogP contribution in [0.4, 0.5) is 0 Å². The molecule has 0 saturated carbocycles. The van der Waals surface area contributed by atoms with E-state index in [4.69, 9.17) is 11.6 Å². The number of phenolic OH excluding ortho intramolecular Hbond substituents is 1. The highest BCUT2D eigenvalue weighted by Gasteiger charge is 2.11. The van der Waals surface area contributed by atoms with E-state index in [9.17, 15) is 9.90 Å². The van der Waals surface area contributed by atoms with Crippen molar-refractivity contribution in [2.45, 2.75) is 20.3 Å². The molecule has 0 radical (unpaired) electrons. The summed E-state index contributed by atoms with van der Waals surface area (Å²) in [5.74, 6) is 0.198. The minimum atomic E-state index is -0.353. The van der Waals surface area contributed by atoms with Crippen LogP contribution >= 0.6 is 11.6 Å². The van der Waals surface area contributed by atoms with Crippen molar-refractivity contribution in [2.24, 2.45) is 0 Å². The Morgan fingerprint density at radius 3 is 2.52 bits per heavy atom. The highest BCUT2D eigenvalue weighted by molar-refractivity contribution is 6.30. The van der Waals surface area contributed by atoms with E-state index in [1.54, 1.807) is 6.07 Å². The zero-order valence-corrected chi connectivity index (χ0v) is 12.6. The topological polar surface area (TPSA) is 75.1 Å². The first-order chi connectivity index (χ1) is 9.95. The van der Waals surface area contributed by atoms with Gasteiger partial charge in [-0.05, 0) is 38.1 Å². The summed E-state index contributed by atoms with van der Waals surface area (Å²) < 4.78 is 0. The van der Waals surface area contributed by atoms with Gasteiger partial charge in [-0.15, -0.1) is 0 Å². The van der Waals surface area contributed by atoms with Crippen molar-refractivity contribution in [3.05, 3.63) is 52.1 Å². The molecule has 0 aliphatic rings. The van der Waals surface area contributed by atoms with Gasteiger partial charge in [-0.25, -0.2) is 9.97 Å². The molecule has 2 aromatic rings. The molecule has 0 bridgehead atoms. The van der Waals surface area contributed by atoms with Crippen molar-refractivity contribution >= 4 is 17.5 Å². The Labute approximate surface area is 128 Å². The molecule has 0 unspecified atom stereocenters. The largest absolute Gasteiger partial charge is 0.507 e. The molecule has 0 saturated heterocycles. The van der Waals surface area contributed by atoms with Gasteiger partial charge in [0.15, 0.2) is 0 Å².